The van der Waals surface area contributed by atoms with Gasteiger partial charge in [0.1, 0.15) is 18.8 Å². The largest absolute Gasteiger partial charge is 0.872 e. The minimum atomic E-state index is -0.912. The second-order valence-electron chi connectivity index (χ2n) is 8.52. The highest BCUT2D eigenvalue weighted by atomic mass is 16.6. The molecule has 2 fully saturated rings. The highest BCUT2D eigenvalue weighted by molar-refractivity contribution is 6.46. The fourth-order valence-electron chi connectivity index (χ4n) is 4.53. The Bertz CT molecular complexity index is 1120. The number of Topliss-reactive ketones (excluding diaryl/α,β-unsaturated/α-hetero) is 1. The molecule has 2 aromatic rings. The van der Waals surface area contributed by atoms with Gasteiger partial charge in [0, 0.05) is 30.7 Å². The summed E-state index contributed by atoms with van der Waals surface area (Å²) in [4.78, 5) is 39.5. The van der Waals surface area contributed by atoms with E-state index in [1.54, 1.807) is 24.3 Å². The Morgan fingerprint density at radius 3 is 2.37 bits per heavy atom. The third-order valence-electron chi connectivity index (χ3n) is 6.43. The van der Waals surface area contributed by atoms with Crippen LogP contribution in [-0.4, -0.2) is 68.0 Å². The lowest BCUT2D eigenvalue weighted by atomic mass is 9.95. The van der Waals surface area contributed by atoms with Crippen molar-refractivity contribution < 1.29 is 34.0 Å². The average Bonchev–Trinajstić information content (AvgIpc) is 3.14. The Kier molecular flexibility index (Phi) is 7.42. The number of nitrogens with zero attached hydrogens (tertiary/aromatic N) is 2. The van der Waals surface area contributed by atoms with E-state index in [-0.39, 0.29) is 23.4 Å². The molecular weight excluding hydrogens is 454 g/mol. The number of likely N-dealkylation sites (tertiary alicyclic amines) is 1. The smallest absolute Gasteiger partial charge is 0.295 e. The molecule has 0 radical (unpaired) electrons. The number of benzene rings is 2. The maximum atomic E-state index is 13.4. The van der Waals surface area contributed by atoms with Crippen LogP contribution in [0.5, 0.6) is 5.75 Å². The lowest BCUT2D eigenvalue weighted by molar-refractivity contribution is -0.908. The van der Waals surface area contributed by atoms with Gasteiger partial charge in [0.05, 0.1) is 37.8 Å². The van der Waals surface area contributed by atoms with E-state index in [2.05, 4.69) is 0 Å². The molecule has 35 heavy (non-hydrogen) atoms. The molecule has 1 amide bonds. The molecule has 0 spiro atoms. The Morgan fingerprint density at radius 2 is 1.77 bits per heavy atom. The minimum Gasteiger partial charge on any atom is -0.872 e. The van der Waals surface area contributed by atoms with Crippen LogP contribution in [0.4, 0.5) is 5.69 Å². The van der Waals surface area contributed by atoms with Crippen molar-refractivity contribution in [3.05, 3.63) is 75.3 Å². The standard InChI is InChI=1S/C25H27N3O7/c1-34-20-9-5-18(6-10-20)23(29)21-22(17-3-7-19(8-4-17)28(32)33)27(25(31)24(21)30)12-2-11-26-13-15-35-16-14-26/h3-10,22,29H,2,11-16H2,1H3/b23-21+. The first kappa shape index (κ1) is 24.4. The number of rotatable bonds is 8. The molecule has 0 aliphatic carbocycles. The van der Waals surface area contributed by atoms with E-state index in [1.807, 2.05) is 0 Å². The molecule has 1 atom stereocenters. The fourth-order valence-corrected chi connectivity index (χ4v) is 4.53. The monoisotopic (exact) mass is 481 g/mol. The van der Waals surface area contributed by atoms with Gasteiger partial charge in [0.2, 0.25) is 5.78 Å². The van der Waals surface area contributed by atoms with Crippen LogP contribution in [0.25, 0.3) is 5.76 Å². The van der Waals surface area contributed by atoms with Crippen molar-refractivity contribution in [2.45, 2.75) is 12.5 Å². The van der Waals surface area contributed by atoms with Crippen molar-refractivity contribution in [2.75, 3.05) is 46.5 Å². The second kappa shape index (κ2) is 10.7. The van der Waals surface area contributed by atoms with Gasteiger partial charge < -0.3 is 24.4 Å². The number of nitro benzene ring substituents is 1. The zero-order valence-electron chi connectivity index (χ0n) is 19.4. The lowest BCUT2D eigenvalue weighted by Gasteiger charge is -2.29. The van der Waals surface area contributed by atoms with Crippen LogP contribution >= 0.6 is 0 Å². The number of hydrogen-bond donors (Lipinski definition) is 1. The third kappa shape index (κ3) is 5.18. The van der Waals surface area contributed by atoms with E-state index in [4.69, 9.17) is 9.47 Å². The van der Waals surface area contributed by atoms with E-state index in [9.17, 15) is 24.8 Å². The van der Waals surface area contributed by atoms with Gasteiger partial charge in [-0.1, -0.05) is 17.9 Å². The van der Waals surface area contributed by atoms with Crippen molar-refractivity contribution in [1.82, 2.24) is 4.90 Å². The molecule has 0 bridgehead atoms. The number of non-ortho nitro benzene ring substituents is 1. The maximum Gasteiger partial charge on any atom is 0.295 e. The number of quaternary nitrogens is 1. The first-order valence-corrected chi connectivity index (χ1v) is 11.5. The Balaban J connectivity index is 1.68. The van der Waals surface area contributed by atoms with Crippen molar-refractivity contribution in [3.8, 4) is 5.75 Å². The third-order valence-corrected chi connectivity index (χ3v) is 6.43. The topological polar surface area (TPSA) is 126 Å². The van der Waals surface area contributed by atoms with E-state index in [1.165, 1.54) is 41.2 Å². The van der Waals surface area contributed by atoms with Gasteiger partial charge in [-0.25, -0.2) is 0 Å². The Labute approximate surface area is 202 Å². The summed E-state index contributed by atoms with van der Waals surface area (Å²) in [6.45, 7) is 4.23. The fraction of sp³-hybridized carbons (Fsp3) is 0.360. The molecule has 2 aliphatic heterocycles. The quantitative estimate of drug-likeness (QED) is 0.187. The SMILES string of the molecule is COc1ccc(/C([O-])=C2\C(=O)C(=O)N(CCC[NH+]3CCOCC3)C2c2ccc([N+](=O)[O-])cc2)cc1. The van der Waals surface area contributed by atoms with Crippen LogP contribution in [0.3, 0.4) is 0 Å². The van der Waals surface area contributed by atoms with Gasteiger partial charge in [-0.3, -0.25) is 19.7 Å². The molecule has 2 aromatic carbocycles. The molecule has 2 aliphatic rings. The summed E-state index contributed by atoms with van der Waals surface area (Å²) in [5, 5.41) is 24.5. The second-order valence-corrected chi connectivity index (χ2v) is 8.52. The summed E-state index contributed by atoms with van der Waals surface area (Å²) in [6.07, 6.45) is 0.641. The molecule has 2 heterocycles. The number of ketones is 1. The van der Waals surface area contributed by atoms with Crippen LogP contribution in [-0.2, 0) is 14.3 Å². The number of amides is 1. The molecule has 184 valence electrons. The number of morpholine rings is 1. The molecule has 2 saturated heterocycles. The number of nitro groups is 1. The molecule has 0 saturated carbocycles. The predicted octanol–water partition coefficient (Wildman–Crippen LogP) is 0.133. The van der Waals surface area contributed by atoms with Crippen molar-refractivity contribution in [3.63, 3.8) is 0 Å². The van der Waals surface area contributed by atoms with Crippen LogP contribution in [0, 0.1) is 10.1 Å². The van der Waals surface area contributed by atoms with E-state index >= 15 is 0 Å². The van der Waals surface area contributed by atoms with Gasteiger partial charge in [-0.05, 0) is 35.4 Å². The van der Waals surface area contributed by atoms with E-state index in [0.29, 0.717) is 30.9 Å². The summed E-state index contributed by atoms with van der Waals surface area (Å²) in [5.41, 5.74) is 0.474. The highest BCUT2D eigenvalue weighted by Gasteiger charge is 2.44. The number of carbonyl (C=O) groups is 2. The number of hydrogen-bond acceptors (Lipinski definition) is 7. The number of carbonyl (C=O) groups excluding carboxylic acids is 2. The molecule has 10 nitrogen and oxygen atoms in total. The number of ether oxygens (including phenoxy) is 2. The molecule has 10 heteroatoms. The first-order chi connectivity index (χ1) is 16.9. The summed E-state index contributed by atoms with van der Waals surface area (Å²) in [6, 6.07) is 11.0. The summed E-state index contributed by atoms with van der Waals surface area (Å²) in [7, 11) is 1.51. The number of nitrogens with one attached hydrogen (secondary N) is 1. The van der Waals surface area contributed by atoms with E-state index in [0.717, 1.165) is 19.6 Å². The molecule has 1 unspecified atom stereocenters. The van der Waals surface area contributed by atoms with Crippen molar-refractivity contribution >= 4 is 23.1 Å². The van der Waals surface area contributed by atoms with Crippen LogP contribution in [0.2, 0.25) is 0 Å². The molecule has 1 N–H and O–H groups in total. The molecular formula is C25H27N3O7. The first-order valence-electron chi connectivity index (χ1n) is 11.5. The van der Waals surface area contributed by atoms with Crippen LogP contribution < -0.4 is 14.7 Å². The molecule has 4 rings (SSSR count). The summed E-state index contributed by atoms with van der Waals surface area (Å²) < 4.78 is 10.5. The zero-order valence-corrected chi connectivity index (χ0v) is 19.4. The van der Waals surface area contributed by atoms with Gasteiger partial charge in [0.25, 0.3) is 11.6 Å². The van der Waals surface area contributed by atoms with Gasteiger partial charge in [0.15, 0.2) is 0 Å². The Morgan fingerprint density at radius 1 is 1.11 bits per heavy atom. The highest BCUT2D eigenvalue weighted by Crippen LogP contribution is 2.39. The van der Waals surface area contributed by atoms with Gasteiger partial charge in [-0.15, -0.1) is 0 Å². The normalized spacial score (nSPS) is 20.3. The minimum absolute atomic E-state index is 0.116. The zero-order chi connectivity index (χ0) is 24.9. The molecule has 0 aromatic heterocycles. The van der Waals surface area contributed by atoms with Gasteiger partial charge in [-0.2, -0.15) is 0 Å². The lowest BCUT2D eigenvalue weighted by Crippen LogP contribution is -3.14. The number of methoxy groups -OCH3 is 1. The Hall–Kier alpha value is -3.76. The van der Waals surface area contributed by atoms with Crippen LogP contribution in [0.1, 0.15) is 23.6 Å². The maximum absolute atomic E-state index is 13.4. The van der Waals surface area contributed by atoms with E-state index < -0.39 is 28.4 Å². The van der Waals surface area contributed by atoms with Gasteiger partial charge >= 0.3 is 0 Å². The van der Waals surface area contributed by atoms with Crippen molar-refractivity contribution in [2.24, 2.45) is 0 Å². The summed E-state index contributed by atoms with van der Waals surface area (Å²) >= 11 is 0. The van der Waals surface area contributed by atoms with Crippen LogP contribution in [0.15, 0.2) is 54.1 Å². The van der Waals surface area contributed by atoms with Crippen molar-refractivity contribution in [1.29, 1.82) is 0 Å². The predicted molar refractivity (Wildman–Crippen MR) is 123 cm³/mol. The average molecular weight is 482 g/mol. The summed E-state index contributed by atoms with van der Waals surface area (Å²) in [5.74, 6) is -1.56.